The van der Waals surface area contributed by atoms with Crippen LogP contribution in [0.3, 0.4) is 0 Å². The highest BCUT2D eigenvalue weighted by Crippen LogP contribution is 2.38. The molecular weight excluding hydrogens is 454 g/mol. The zero-order chi connectivity index (χ0) is 24.0. The lowest BCUT2D eigenvalue weighted by Gasteiger charge is -2.26. The van der Waals surface area contributed by atoms with E-state index < -0.39 is 0 Å². The molecule has 6 heteroatoms. The average molecular weight is 486 g/mol. The summed E-state index contributed by atoms with van der Waals surface area (Å²) in [6.07, 6.45) is 5.53. The number of carbonyl (C=O) groups excluding carboxylic acids is 2. The molecule has 1 saturated heterocycles. The van der Waals surface area contributed by atoms with Crippen molar-refractivity contribution in [1.82, 2.24) is 4.90 Å². The van der Waals surface area contributed by atoms with Gasteiger partial charge in [0.25, 0.3) is 5.91 Å². The third-order valence-corrected chi connectivity index (χ3v) is 7.75. The summed E-state index contributed by atoms with van der Waals surface area (Å²) in [4.78, 5) is 31.8. The molecule has 0 radical (unpaired) electrons. The third-order valence-electron chi connectivity index (χ3n) is 6.65. The van der Waals surface area contributed by atoms with Crippen LogP contribution in [0, 0.1) is 0 Å². The lowest BCUT2D eigenvalue weighted by atomic mass is 10.1. The summed E-state index contributed by atoms with van der Waals surface area (Å²) in [5.41, 5.74) is 3.40. The Morgan fingerprint density at radius 2 is 1.57 bits per heavy atom. The predicted molar refractivity (Wildman–Crippen MR) is 144 cm³/mol. The van der Waals surface area contributed by atoms with Crippen molar-refractivity contribution in [3.8, 4) is 0 Å². The van der Waals surface area contributed by atoms with Crippen LogP contribution in [-0.2, 0) is 11.2 Å². The number of amides is 2. The van der Waals surface area contributed by atoms with E-state index in [0.29, 0.717) is 22.6 Å². The molecule has 3 aromatic rings. The van der Waals surface area contributed by atoms with Crippen molar-refractivity contribution in [3.05, 3.63) is 83.9 Å². The molecule has 5 nitrogen and oxygen atoms in total. The van der Waals surface area contributed by atoms with Gasteiger partial charge in [0.15, 0.2) is 0 Å². The summed E-state index contributed by atoms with van der Waals surface area (Å²) in [5, 5.41) is 2.94. The molecule has 0 saturated carbocycles. The number of para-hydroxylation sites is 3. The van der Waals surface area contributed by atoms with Crippen molar-refractivity contribution >= 4 is 40.6 Å². The minimum Gasteiger partial charge on any atom is -0.320 e. The number of hydrogen-bond donors (Lipinski definition) is 1. The quantitative estimate of drug-likeness (QED) is 0.323. The molecule has 5 rings (SSSR count). The van der Waals surface area contributed by atoms with Crippen LogP contribution >= 0.6 is 11.8 Å². The normalized spacial score (nSPS) is 15.7. The molecule has 180 valence electrons. The van der Waals surface area contributed by atoms with Crippen molar-refractivity contribution < 1.29 is 9.59 Å². The molecule has 35 heavy (non-hydrogen) atoms. The molecule has 2 amide bonds. The van der Waals surface area contributed by atoms with E-state index in [0.717, 1.165) is 11.3 Å². The SMILES string of the molecule is O=C1Nc2ccccc2N(C(=O)Cc2ccc(SCCCN3CCCCC3)cc2)c2ccccc21. The maximum atomic E-state index is 13.6. The van der Waals surface area contributed by atoms with Crippen molar-refractivity contribution in [3.63, 3.8) is 0 Å². The molecule has 0 atom stereocenters. The number of nitrogens with zero attached hydrogens (tertiary/aromatic N) is 2. The van der Waals surface area contributed by atoms with Gasteiger partial charge in [0, 0.05) is 4.90 Å². The molecule has 0 unspecified atom stereocenters. The Morgan fingerprint density at radius 1 is 0.857 bits per heavy atom. The largest absolute Gasteiger partial charge is 0.320 e. The minimum atomic E-state index is -0.204. The number of nitrogens with one attached hydrogen (secondary N) is 1. The van der Waals surface area contributed by atoms with Gasteiger partial charge >= 0.3 is 0 Å². The van der Waals surface area contributed by atoms with Crippen molar-refractivity contribution in [1.29, 1.82) is 0 Å². The van der Waals surface area contributed by atoms with E-state index in [4.69, 9.17) is 0 Å². The molecule has 2 aliphatic rings. The summed E-state index contributed by atoms with van der Waals surface area (Å²) in [6, 6.07) is 23.0. The second-order valence-electron chi connectivity index (χ2n) is 9.14. The predicted octanol–water partition coefficient (Wildman–Crippen LogP) is 6.13. The van der Waals surface area contributed by atoms with E-state index in [1.807, 2.05) is 66.4 Å². The van der Waals surface area contributed by atoms with Crippen LogP contribution in [0.2, 0.25) is 0 Å². The zero-order valence-electron chi connectivity index (χ0n) is 19.9. The highest BCUT2D eigenvalue weighted by atomic mass is 32.2. The Balaban J connectivity index is 1.25. The lowest BCUT2D eigenvalue weighted by molar-refractivity contribution is -0.117. The highest BCUT2D eigenvalue weighted by Gasteiger charge is 2.28. The summed E-state index contributed by atoms with van der Waals surface area (Å²) in [7, 11) is 0. The van der Waals surface area contributed by atoms with Crippen LogP contribution in [0.4, 0.5) is 17.1 Å². The monoisotopic (exact) mass is 485 g/mol. The van der Waals surface area contributed by atoms with Crippen molar-refractivity contribution in [2.75, 3.05) is 35.6 Å². The molecule has 1 N–H and O–H groups in total. The number of piperidine rings is 1. The molecule has 3 aromatic carbocycles. The van der Waals surface area contributed by atoms with Gasteiger partial charge in [-0.1, -0.05) is 42.8 Å². The summed E-state index contributed by atoms with van der Waals surface area (Å²) >= 11 is 1.88. The van der Waals surface area contributed by atoms with Crippen LogP contribution in [0.1, 0.15) is 41.6 Å². The fraction of sp³-hybridized carbons (Fsp3) is 0.310. The minimum absolute atomic E-state index is 0.0664. The Hall–Kier alpha value is -3.09. The number of rotatable bonds is 7. The Bertz CT molecular complexity index is 1190. The van der Waals surface area contributed by atoms with Gasteiger partial charge in [0.05, 0.1) is 29.0 Å². The van der Waals surface area contributed by atoms with Crippen LogP contribution in [0.25, 0.3) is 0 Å². The molecule has 0 bridgehead atoms. The molecule has 2 heterocycles. The maximum Gasteiger partial charge on any atom is 0.257 e. The molecule has 2 aliphatic heterocycles. The number of anilines is 3. The molecule has 0 aromatic heterocycles. The summed E-state index contributed by atoms with van der Waals surface area (Å²) < 4.78 is 0. The van der Waals surface area contributed by atoms with Gasteiger partial charge < -0.3 is 10.2 Å². The molecule has 0 spiro atoms. The topological polar surface area (TPSA) is 52.7 Å². The second kappa shape index (κ2) is 11.1. The van der Waals surface area contributed by atoms with Crippen molar-refractivity contribution in [2.45, 2.75) is 37.0 Å². The molecule has 1 fully saturated rings. The van der Waals surface area contributed by atoms with E-state index in [-0.39, 0.29) is 18.2 Å². The average Bonchev–Trinajstić information content (AvgIpc) is 3.02. The van der Waals surface area contributed by atoms with Crippen LogP contribution in [0.5, 0.6) is 0 Å². The van der Waals surface area contributed by atoms with E-state index >= 15 is 0 Å². The van der Waals surface area contributed by atoms with Gasteiger partial charge in [0.1, 0.15) is 0 Å². The Kier molecular flexibility index (Phi) is 7.50. The molecule has 0 aliphatic carbocycles. The number of likely N-dealkylation sites (tertiary alicyclic amines) is 1. The second-order valence-corrected chi connectivity index (χ2v) is 10.3. The number of carbonyl (C=O) groups is 2. The first kappa shape index (κ1) is 23.6. The Labute approximate surface area is 211 Å². The van der Waals surface area contributed by atoms with Gasteiger partial charge in [-0.25, -0.2) is 0 Å². The standard InChI is InChI=1S/C29H31N3O2S/c33-28(21-22-13-15-23(16-14-22)35-20-8-19-31-17-6-1-7-18-31)32-26-11-4-2-9-24(26)29(34)30-25-10-3-5-12-27(25)32/h2-5,9-16H,1,6-8,17-21H2,(H,30,34). The first-order valence-electron chi connectivity index (χ1n) is 12.5. The van der Waals surface area contributed by atoms with Crippen LogP contribution in [-0.4, -0.2) is 42.1 Å². The highest BCUT2D eigenvalue weighted by molar-refractivity contribution is 7.99. The number of hydrogen-bond acceptors (Lipinski definition) is 4. The third kappa shape index (κ3) is 5.60. The maximum absolute atomic E-state index is 13.6. The van der Waals surface area contributed by atoms with E-state index in [1.165, 1.54) is 50.2 Å². The van der Waals surface area contributed by atoms with Gasteiger partial charge in [-0.2, -0.15) is 0 Å². The smallest absolute Gasteiger partial charge is 0.257 e. The zero-order valence-corrected chi connectivity index (χ0v) is 20.7. The number of thioether (sulfide) groups is 1. The van der Waals surface area contributed by atoms with Gasteiger partial charge in [-0.3, -0.25) is 14.5 Å². The fourth-order valence-electron chi connectivity index (χ4n) is 4.84. The Morgan fingerprint density at radius 3 is 2.37 bits per heavy atom. The fourth-order valence-corrected chi connectivity index (χ4v) is 5.68. The van der Waals surface area contributed by atoms with E-state index in [1.54, 1.807) is 11.0 Å². The van der Waals surface area contributed by atoms with E-state index in [2.05, 4.69) is 22.3 Å². The van der Waals surface area contributed by atoms with Crippen molar-refractivity contribution in [2.24, 2.45) is 0 Å². The van der Waals surface area contributed by atoms with Crippen LogP contribution < -0.4 is 10.2 Å². The summed E-state index contributed by atoms with van der Waals surface area (Å²) in [5.74, 6) is 0.838. The first-order chi connectivity index (χ1) is 17.2. The van der Waals surface area contributed by atoms with Gasteiger partial charge in [-0.05, 0) is 86.6 Å². The summed E-state index contributed by atoms with van der Waals surface area (Å²) in [6.45, 7) is 3.70. The van der Waals surface area contributed by atoms with Crippen LogP contribution in [0.15, 0.2) is 77.7 Å². The van der Waals surface area contributed by atoms with Gasteiger partial charge in [-0.15, -0.1) is 11.8 Å². The lowest BCUT2D eigenvalue weighted by Crippen LogP contribution is -2.30. The number of benzene rings is 3. The number of fused-ring (bicyclic) bond motifs is 2. The van der Waals surface area contributed by atoms with E-state index in [9.17, 15) is 9.59 Å². The first-order valence-corrected chi connectivity index (χ1v) is 13.4. The molecular formula is C29H31N3O2S. The van der Waals surface area contributed by atoms with Gasteiger partial charge in [0.2, 0.25) is 5.91 Å².